The molecule has 1 aliphatic carbocycles. The maximum atomic E-state index is 12.7. The monoisotopic (exact) mass is 301 g/mol. The fraction of sp³-hybridized carbons (Fsp3) is 0.625. The molecule has 0 amide bonds. The van der Waals surface area contributed by atoms with Gasteiger partial charge >= 0.3 is 6.18 Å². The van der Waals surface area contributed by atoms with Crippen LogP contribution >= 0.6 is 0 Å². The number of rotatable bonds is 3. The smallest absolute Gasteiger partial charge is 0.391 e. The topological polar surface area (TPSA) is 35.2 Å². The van der Waals surface area contributed by atoms with E-state index in [1.165, 1.54) is 0 Å². The van der Waals surface area contributed by atoms with Crippen LogP contribution in [0.3, 0.4) is 0 Å². The van der Waals surface area contributed by atoms with Crippen LogP contribution < -0.4 is 10.5 Å². The van der Waals surface area contributed by atoms with Gasteiger partial charge in [-0.2, -0.15) is 13.2 Å². The van der Waals surface area contributed by atoms with E-state index in [1.807, 2.05) is 25.1 Å². The summed E-state index contributed by atoms with van der Waals surface area (Å²) >= 11 is 0. The quantitative estimate of drug-likeness (QED) is 0.916. The third-order valence-corrected chi connectivity index (χ3v) is 4.42. The van der Waals surface area contributed by atoms with Gasteiger partial charge in [0, 0.05) is 5.54 Å². The van der Waals surface area contributed by atoms with Crippen molar-refractivity contribution in [2.24, 2.45) is 11.7 Å². The summed E-state index contributed by atoms with van der Waals surface area (Å²) in [6, 6.07) is 5.84. The lowest BCUT2D eigenvalue weighted by molar-refractivity contribution is -0.184. The summed E-state index contributed by atoms with van der Waals surface area (Å²) in [5.74, 6) is -0.447. The van der Waals surface area contributed by atoms with Gasteiger partial charge in [-0.25, -0.2) is 0 Å². The van der Waals surface area contributed by atoms with Crippen LogP contribution in [0, 0.1) is 12.8 Å². The molecule has 2 N–H and O–H groups in total. The van der Waals surface area contributed by atoms with E-state index in [0.717, 1.165) is 16.9 Å². The number of benzene rings is 1. The number of nitrogens with two attached hydrogens (primary N) is 1. The zero-order valence-corrected chi connectivity index (χ0v) is 12.5. The van der Waals surface area contributed by atoms with Crippen LogP contribution in [0.15, 0.2) is 18.2 Å². The number of aryl methyl sites for hydroxylation is 1. The minimum atomic E-state index is -4.09. The van der Waals surface area contributed by atoms with Gasteiger partial charge in [0.05, 0.1) is 13.0 Å². The normalized spacial score (nSPS) is 26.7. The lowest BCUT2D eigenvalue weighted by Gasteiger charge is -2.38. The maximum absolute atomic E-state index is 12.7. The fourth-order valence-corrected chi connectivity index (χ4v) is 3.12. The van der Waals surface area contributed by atoms with Crippen LogP contribution in [0.2, 0.25) is 0 Å². The second-order valence-corrected chi connectivity index (χ2v) is 6.17. The average molecular weight is 301 g/mol. The van der Waals surface area contributed by atoms with Gasteiger partial charge in [0.1, 0.15) is 5.75 Å². The molecular weight excluding hydrogens is 279 g/mol. The molecule has 2 nitrogen and oxygen atoms in total. The SMILES string of the molecule is COc1ccc(C)cc1CC1(N)CCC(C(F)(F)F)CC1. The first kappa shape index (κ1) is 16.1. The third-order valence-electron chi connectivity index (χ3n) is 4.42. The molecule has 118 valence electrons. The van der Waals surface area contributed by atoms with Gasteiger partial charge in [-0.3, -0.25) is 0 Å². The third kappa shape index (κ3) is 3.90. The van der Waals surface area contributed by atoms with E-state index < -0.39 is 17.6 Å². The molecule has 0 atom stereocenters. The first-order chi connectivity index (χ1) is 9.73. The molecule has 0 spiro atoms. The number of ether oxygens (including phenoxy) is 1. The molecule has 0 bridgehead atoms. The van der Waals surface area contributed by atoms with Crippen molar-refractivity contribution in [2.45, 2.75) is 50.7 Å². The predicted molar refractivity (Wildman–Crippen MR) is 76.4 cm³/mol. The first-order valence-corrected chi connectivity index (χ1v) is 7.23. The number of alkyl halides is 3. The summed E-state index contributed by atoms with van der Waals surface area (Å²) in [5.41, 5.74) is 7.85. The molecule has 0 heterocycles. The van der Waals surface area contributed by atoms with Gasteiger partial charge in [-0.15, -0.1) is 0 Å². The lowest BCUT2D eigenvalue weighted by atomic mass is 9.73. The highest BCUT2D eigenvalue weighted by atomic mass is 19.4. The molecule has 1 aromatic rings. The minimum absolute atomic E-state index is 0.119. The number of hydrogen-bond donors (Lipinski definition) is 1. The highest BCUT2D eigenvalue weighted by Crippen LogP contribution is 2.41. The number of halogens is 3. The number of methoxy groups -OCH3 is 1. The molecule has 1 aliphatic rings. The molecule has 0 radical (unpaired) electrons. The van der Waals surface area contributed by atoms with E-state index in [0.29, 0.717) is 19.3 Å². The second kappa shape index (κ2) is 5.87. The van der Waals surface area contributed by atoms with Crippen molar-refractivity contribution in [1.29, 1.82) is 0 Å². The Morgan fingerprint density at radius 3 is 2.43 bits per heavy atom. The van der Waals surface area contributed by atoms with Crippen LogP contribution in [-0.2, 0) is 6.42 Å². The van der Waals surface area contributed by atoms with E-state index in [-0.39, 0.29) is 12.8 Å². The molecule has 1 aromatic carbocycles. The van der Waals surface area contributed by atoms with Crippen LogP contribution in [0.5, 0.6) is 5.75 Å². The Morgan fingerprint density at radius 2 is 1.90 bits per heavy atom. The molecular formula is C16H22F3NO. The summed E-state index contributed by atoms with van der Waals surface area (Å²) in [6.45, 7) is 1.98. The fourth-order valence-electron chi connectivity index (χ4n) is 3.12. The van der Waals surface area contributed by atoms with Crippen molar-refractivity contribution in [3.63, 3.8) is 0 Å². The van der Waals surface area contributed by atoms with Crippen LogP contribution in [0.4, 0.5) is 13.2 Å². The van der Waals surface area contributed by atoms with E-state index in [9.17, 15) is 13.2 Å². The standard InChI is InChI=1S/C16H22F3NO/c1-11-3-4-14(21-2)12(9-11)10-15(20)7-5-13(6-8-15)16(17,18)19/h3-4,9,13H,5-8,10,20H2,1-2H3. The molecule has 0 aromatic heterocycles. The molecule has 0 unspecified atom stereocenters. The van der Waals surface area contributed by atoms with Crippen molar-refractivity contribution >= 4 is 0 Å². The molecule has 1 fully saturated rings. The van der Waals surface area contributed by atoms with E-state index >= 15 is 0 Å². The zero-order chi connectivity index (χ0) is 15.7. The van der Waals surface area contributed by atoms with Gasteiger partial charge in [0.25, 0.3) is 0 Å². The second-order valence-electron chi connectivity index (χ2n) is 6.17. The Balaban J connectivity index is 2.08. The number of hydrogen-bond acceptors (Lipinski definition) is 2. The Kier molecular flexibility index (Phi) is 4.51. The Morgan fingerprint density at radius 1 is 1.29 bits per heavy atom. The first-order valence-electron chi connectivity index (χ1n) is 7.23. The summed E-state index contributed by atoms with van der Waals surface area (Å²) in [4.78, 5) is 0. The van der Waals surface area contributed by atoms with Crippen LogP contribution in [0.1, 0.15) is 36.8 Å². The minimum Gasteiger partial charge on any atom is -0.496 e. The molecule has 0 saturated heterocycles. The van der Waals surface area contributed by atoms with Gasteiger partial charge in [-0.1, -0.05) is 17.7 Å². The van der Waals surface area contributed by atoms with Crippen molar-refractivity contribution in [2.75, 3.05) is 7.11 Å². The summed E-state index contributed by atoms with van der Waals surface area (Å²) < 4.78 is 43.5. The molecule has 2 rings (SSSR count). The highest BCUT2D eigenvalue weighted by molar-refractivity contribution is 5.38. The van der Waals surface area contributed by atoms with Crippen molar-refractivity contribution < 1.29 is 17.9 Å². The molecule has 0 aliphatic heterocycles. The average Bonchev–Trinajstić information content (AvgIpc) is 2.38. The largest absolute Gasteiger partial charge is 0.496 e. The van der Waals surface area contributed by atoms with Crippen LogP contribution in [-0.4, -0.2) is 18.8 Å². The Hall–Kier alpha value is -1.23. The van der Waals surface area contributed by atoms with E-state index in [2.05, 4.69) is 0 Å². The van der Waals surface area contributed by atoms with Gasteiger partial charge in [0.2, 0.25) is 0 Å². The van der Waals surface area contributed by atoms with E-state index in [1.54, 1.807) is 7.11 Å². The summed E-state index contributed by atoms with van der Waals surface area (Å²) in [6.07, 6.45) is -2.50. The molecule has 5 heteroatoms. The zero-order valence-electron chi connectivity index (χ0n) is 12.5. The lowest BCUT2D eigenvalue weighted by Crippen LogP contribution is -2.47. The molecule has 1 saturated carbocycles. The van der Waals surface area contributed by atoms with Gasteiger partial charge in [0.15, 0.2) is 0 Å². The Labute approximate surface area is 123 Å². The van der Waals surface area contributed by atoms with Gasteiger partial charge < -0.3 is 10.5 Å². The highest BCUT2D eigenvalue weighted by Gasteiger charge is 2.44. The van der Waals surface area contributed by atoms with Crippen molar-refractivity contribution in [1.82, 2.24) is 0 Å². The van der Waals surface area contributed by atoms with Crippen molar-refractivity contribution in [3.05, 3.63) is 29.3 Å². The molecule has 21 heavy (non-hydrogen) atoms. The van der Waals surface area contributed by atoms with Crippen molar-refractivity contribution in [3.8, 4) is 5.75 Å². The van der Waals surface area contributed by atoms with Gasteiger partial charge in [-0.05, 0) is 50.7 Å². The predicted octanol–water partition coefficient (Wildman–Crippen LogP) is 4.00. The summed E-state index contributed by atoms with van der Waals surface area (Å²) in [5, 5.41) is 0. The van der Waals surface area contributed by atoms with E-state index in [4.69, 9.17) is 10.5 Å². The van der Waals surface area contributed by atoms with Crippen LogP contribution in [0.25, 0.3) is 0 Å². The Bertz CT molecular complexity index is 491. The maximum Gasteiger partial charge on any atom is 0.391 e. The summed E-state index contributed by atoms with van der Waals surface area (Å²) in [7, 11) is 1.60.